The van der Waals surface area contributed by atoms with E-state index in [1.807, 2.05) is 6.07 Å². The fraction of sp³-hybridized carbons (Fsp3) is 0.222. The topological polar surface area (TPSA) is 99.4 Å². The molecule has 134 valence electrons. The van der Waals surface area contributed by atoms with Crippen LogP contribution < -0.4 is 14.8 Å². The molecule has 8 nitrogen and oxygen atoms in total. The van der Waals surface area contributed by atoms with Gasteiger partial charge in [0, 0.05) is 6.20 Å². The maximum absolute atomic E-state index is 12.6. The zero-order valence-electron chi connectivity index (χ0n) is 14.6. The van der Waals surface area contributed by atoms with Crippen molar-refractivity contribution in [3.63, 3.8) is 0 Å². The second kappa shape index (κ2) is 7.64. The first-order chi connectivity index (χ1) is 12.6. The van der Waals surface area contributed by atoms with Crippen LogP contribution in [-0.2, 0) is 0 Å². The van der Waals surface area contributed by atoms with Crippen LogP contribution in [0.4, 0.5) is 0 Å². The van der Waals surface area contributed by atoms with Crippen LogP contribution in [0, 0.1) is 0 Å². The van der Waals surface area contributed by atoms with Crippen LogP contribution in [0.3, 0.4) is 0 Å². The Morgan fingerprint density at radius 2 is 2.04 bits per heavy atom. The van der Waals surface area contributed by atoms with Crippen LogP contribution in [0.2, 0.25) is 0 Å². The third-order valence-corrected chi connectivity index (χ3v) is 3.71. The summed E-state index contributed by atoms with van der Waals surface area (Å²) in [7, 11) is 3.03. The minimum absolute atomic E-state index is 0.279. The van der Waals surface area contributed by atoms with Gasteiger partial charge >= 0.3 is 0 Å². The van der Waals surface area contributed by atoms with Crippen LogP contribution in [0.15, 0.2) is 47.1 Å². The quantitative estimate of drug-likeness (QED) is 0.726. The van der Waals surface area contributed by atoms with E-state index in [9.17, 15) is 4.79 Å². The summed E-state index contributed by atoms with van der Waals surface area (Å²) in [5, 5.41) is 6.72. The summed E-state index contributed by atoms with van der Waals surface area (Å²) in [6.45, 7) is 1.75. The van der Waals surface area contributed by atoms with Gasteiger partial charge in [-0.15, -0.1) is 0 Å². The van der Waals surface area contributed by atoms with Gasteiger partial charge in [0.2, 0.25) is 11.7 Å². The van der Waals surface area contributed by atoms with Crippen molar-refractivity contribution in [1.82, 2.24) is 20.4 Å². The van der Waals surface area contributed by atoms with E-state index >= 15 is 0 Å². The Hall–Kier alpha value is -3.42. The number of benzene rings is 1. The molecular weight excluding hydrogens is 336 g/mol. The van der Waals surface area contributed by atoms with Crippen molar-refractivity contribution >= 4 is 5.91 Å². The van der Waals surface area contributed by atoms with Crippen molar-refractivity contribution in [2.75, 3.05) is 14.2 Å². The van der Waals surface area contributed by atoms with Gasteiger partial charge in [0.15, 0.2) is 0 Å². The molecule has 0 unspecified atom stereocenters. The predicted octanol–water partition coefficient (Wildman–Crippen LogP) is 2.64. The first-order valence-electron chi connectivity index (χ1n) is 7.90. The van der Waals surface area contributed by atoms with Crippen molar-refractivity contribution in [2.24, 2.45) is 0 Å². The van der Waals surface area contributed by atoms with Crippen LogP contribution in [0.25, 0.3) is 11.5 Å². The van der Waals surface area contributed by atoms with Gasteiger partial charge in [-0.05, 0) is 37.3 Å². The van der Waals surface area contributed by atoms with Gasteiger partial charge in [-0.25, -0.2) is 0 Å². The van der Waals surface area contributed by atoms with Crippen molar-refractivity contribution in [3.05, 3.63) is 54.0 Å². The number of hydrogen-bond acceptors (Lipinski definition) is 7. The average Bonchev–Trinajstić information content (AvgIpc) is 3.18. The van der Waals surface area contributed by atoms with Gasteiger partial charge in [0.25, 0.3) is 5.91 Å². The highest BCUT2D eigenvalue weighted by Gasteiger charge is 2.21. The molecule has 0 aliphatic heterocycles. The van der Waals surface area contributed by atoms with Crippen molar-refractivity contribution in [1.29, 1.82) is 0 Å². The number of nitrogens with zero attached hydrogens (tertiary/aromatic N) is 3. The first kappa shape index (κ1) is 17.4. The summed E-state index contributed by atoms with van der Waals surface area (Å²) in [4.78, 5) is 21.1. The lowest BCUT2D eigenvalue weighted by atomic mass is 10.1. The molecule has 2 heterocycles. The van der Waals surface area contributed by atoms with E-state index in [1.165, 1.54) is 14.2 Å². The fourth-order valence-electron chi connectivity index (χ4n) is 2.34. The first-order valence-corrected chi connectivity index (χ1v) is 7.90. The molecule has 3 rings (SSSR count). The molecule has 0 radical (unpaired) electrons. The Balaban J connectivity index is 1.77. The standard InChI is InChI=1S/C18H18N4O4/c1-11(18-21-16(22-26-18)14-6-4-5-9-19-14)20-17(23)13-10-12(24-2)7-8-15(13)25-3/h4-11H,1-3H3,(H,20,23)/t11-/m1/s1. The number of methoxy groups -OCH3 is 2. The number of carbonyl (C=O) groups is 1. The molecular formula is C18H18N4O4. The predicted molar refractivity (Wildman–Crippen MR) is 93.0 cm³/mol. The molecule has 1 atom stereocenters. The van der Waals surface area contributed by atoms with Gasteiger partial charge in [0.05, 0.1) is 19.8 Å². The largest absolute Gasteiger partial charge is 0.497 e. The molecule has 2 aromatic heterocycles. The summed E-state index contributed by atoms with van der Waals surface area (Å²) in [5.74, 6) is 1.29. The van der Waals surface area contributed by atoms with Crippen LogP contribution in [-0.4, -0.2) is 35.3 Å². The number of hydrogen-bond donors (Lipinski definition) is 1. The summed E-state index contributed by atoms with van der Waals surface area (Å²) >= 11 is 0. The van der Waals surface area contributed by atoms with E-state index in [-0.39, 0.29) is 11.8 Å². The van der Waals surface area contributed by atoms with Gasteiger partial charge in [-0.1, -0.05) is 11.2 Å². The minimum Gasteiger partial charge on any atom is -0.497 e. The third kappa shape index (κ3) is 3.64. The molecule has 1 aromatic carbocycles. The number of ether oxygens (including phenoxy) is 2. The molecule has 3 aromatic rings. The summed E-state index contributed by atoms with van der Waals surface area (Å²) < 4.78 is 15.6. The highest BCUT2D eigenvalue weighted by Crippen LogP contribution is 2.25. The molecule has 1 amide bonds. The Bertz CT molecular complexity index is 895. The van der Waals surface area contributed by atoms with Crippen molar-refractivity contribution in [3.8, 4) is 23.0 Å². The molecule has 1 N–H and O–H groups in total. The Kier molecular flexibility index (Phi) is 5.12. The molecule has 0 aliphatic carbocycles. The van der Waals surface area contributed by atoms with E-state index in [1.54, 1.807) is 43.5 Å². The van der Waals surface area contributed by atoms with E-state index in [2.05, 4.69) is 20.4 Å². The Morgan fingerprint density at radius 1 is 1.19 bits per heavy atom. The van der Waals surface area contributed by atoms with Crippen LogP contribution in [0.1, 0.15) is 29.2 Å². The second-order valence-electron chi connectivity index (χ2n) is 5.43. The molecule has 0 saturated heterocycles. The molecule has 0 spiro atoms. The molecule has 0 bridgehead atoms. The SMILES string of the molecule is COc1ccc(OC)c(C(=O)N[C@H](C)c2nc(-c3ccccn3)no2)c1. The Morgan fingerprint density at radius 3 is 2.73 bits per heavy atom. The maximum Gasteiger partial charge on any atom is 0.255 e. The highest BCUT2D eigenvalue weighted by atomic mass is 16.5. The number of pyridine rings is 1. The maximum atomic E-state index is 12.6. The molecule has 26 heavy (non-hydrogen) atoms. The number of amides is 1. The molecule has 0 saturated carbocycles. The summed E-state index contributed by atoms with van der Waals surface area (Å²) in [6, 6.07) is 9.91. The molecule has 8 heteroatoms. The second-order valence-corrected chi connectivity index (χ2v) is 5.43. The van der Waals surface area contributed by atoms with Gasteiger partial charge in [-0.2, -0.15) is 4.98 Å². The third-order valence-electron chi connectivity index (χ3n) is 3.71. The number of rotatable bonds is 6. The van der Waals surface area contributed by atoms with Gasteiger partial charge < -0.3 is 19.3 Å². The van der Waals surface area contributed by atoms with Gasteiger partial charge in [0.1, 0.15) is 23.2 Å². The molecule has 0 aliphatic rings. The summed E-state index contributed by atoms with van der Waals surface area (Å²) in [5.41, 5.74) is 0.943. The molecule has 0 fully saturated rings. The minimum atomic E-state index is -0.497. The lowest BCUT2D eigenvalue weighted by molar-refractivity contribution is 0.0929. The van der Waals surface area contributed by atoms with E-state index in [0.29, 0.717) is 28.6 Å². The number of carbonyl (C=O) groups excluding carboxylic acids is 1. The van der Waals surface area contributed by atoms with E-state index < -0.39 is 6.04 Å². The monoisotopic (exact) mass is 354 g/mol. The van der Waals surface area contributed by atoms with Crippen molar-refractivity contribution < 1.29 is 18.8 Å². The summed E-state index contributed by atoms with van der Waals surface area (Å²) in [6.07, 6.45) is 1.64. The highest BCUT2D eigenvalue weighted by molar-refractivity contribution is 5.97. The Labute approximate surface area is 150 Å². The van der Waals surface area contributed by atoms with E-state index in [0.717, 1.165) is 0 Å². The van der Waals surface area contributed by atoms with E-state index in [4.69, 9.17) is 14.0 Å². The smallest absolute Gasteiger partial charge is 0.255 e. The average molecular weight is 354 g/mol. The fourth-order valence-corrected chi connectivity index (χ4v) is 2.34. The number of aromatic nitrogens is 3. The van der Waals surface area contributed by atoms with Crippen molar-refractivity contribution in [2.45, 2.75) is 13.0 Å². The normalized spacial score (nSPS) is 11.7. The number of nitrogens with one attached hydrogen (secondary N) is 1. The zero-order chi connectivity index (χ0) is 18.5. The van der Waals surface area contributed by atoms with Crippen LogP contribution >= 0.6 is 0 Å². The van der Waals surface area contributed by atoms with Crippen LogP contribution in [0.5, 0.6) is 11.5 Å². The zero-order valence-corrected chi connectivity index (χ0v) is 14.6. The lowest BCUT2D eigenvalue weighted by Gasteiger charge is -2.13. The lowest BCUT2D eigenvalue weighted by Crippen LogP contribution is -2.27. The van der Waals surface area contributed by atoms with Gasteiger partial charge in [-0.3, -0.25) is 9.78 Å².